The normalized spacial score (nSPS) is 30.2. The summed E-state index contributed by atoms with van der Waals surface area (Å²) in [5, 5.41) is 2.89. The Balaban J connectivity index is 2.18. The molecule has 0 aromatic carbocycles. The number of amides is 1. The van der Waals surface area contributed by atoms with E-state index in [9.17, 15) is 4.79 Å². The number of aliphatic imine (C=N–C) groups is 2. The van der Waals surface area contributed by atoms with E-state index in [1.165, 1.54) is 17.6 Å². The van der Waals surface area contributed by atoms with Gasteiger partial charge in [0.25, 0.3) is 5.91 Å². The van der Waals surface area contributed by atoms with E-state index in [0.717, 1.165) is 0 Å². The highest BCUT2D eigenvalue weighted by atomic mass is 16.2. The van der Waals surface area contributed by atoms with Crippen molar-refractivity contribution >= 4 is 18.6 Å². The van der Waals surface area contributed by atoms with Gasteiger partial charge >= 0.3 is 0 Å². The van der Waals surface area contributed by atoms with Crippen molar-refractivity contribution in [2.75, 3.05) is 6.54 Å². The second-order valence-electron chi connectivity index (χ2n) is 2.88. The third-order valence-corrected chi connectivity index (χ3v) is 2.01. The number of fused-ring (bicyclic) bond motifs is 1. The molecule has 0 aliphatic carbocycles. The minimum atomic E-state index is -0.384. The summed E-state index contributed by atoms with van der Waals surface area (Å²) in [7, 11) is 0. The monoisotopic (exact) mass is 178 g/mol. The molecule has 13 heavy (non-hydrogen) atoms. The maximum atomic E-state index is 11.6. The van der Waals surface area contributed by atoms with E-state index >= 15 is 0 Å². The molecule has 0 spiro atoms. The van der Waals surface area contributed by atoms with Gasteiger partial charge in [0.1, 0.15) is 0 Å². The van der Waals surface area contributed by atoms with Crippen molar-refractivity contribution in [3.05, 3.63) is 12.7 Å². The molecule has 0 aromatic rings. The molecule has 5 nitrogen and oxygen atoms in total. The molecule has 2 atom stereocenters. The van der Waals surface area contributed by atoms with E-state index in [1.807, 2.05) is 0 Å². The highest BCUT2D eigenvalue weighted by Crippen LogP contribution is 2.12. The molecule has 68 valence electrons. The Hall–Kier alpha value is -1.65. The summed E-state index contributed by atoms with van der Waals surface area (Å²) in [6.07, 6.45) is 4.53. The van der Waals surface area contributed by atoms with Crippen LogP contribution in [0.4, 0.5) is 0 Å². The van der Waals surface area contributed by atoms with Crippen LogP contribution in [0.25, 0.3) is 0 Å². The van der Waals surface area contributed by atoms with Crippen LogP contribution >= 0.6 is 0 Å². The van der Waals surface area contributed by atoms with Gasteiger partial charge in [-0.1, -0.05) is 6.08 Å². The smallest absolute Gasteiger partial charge is 0.257 e. The van der Waals surface area contributed by atoms with Gasteiger partial charge in [-0.25, -0.2) is 4.99 Å². The first kappa shape index (κ1) is 7.97. The Kier molecular flexibility index (Phi) is 1.84. The van der Waals surface area contributed by atoms with Gasteiger partial charge in [0.2, 0.25) is 0 Å². The first-order valence-corrected chi connectivity index (χ1v) is 4.05. The molecule has 2 aliphatic rings. The Morgan fingerprint density at radius 2 is 2.54 bits per heavy atom. The average molecular weight is 178 g/mol. The van der Waals surface area contributed by atoms with Crippen LogP contribution in [0.5, 0.6) is 0 Å². The van der Waals surface area contributed by atoms with Crippen LogP contribution in [0.2, 0.25) is 0 Å². The van der Waals surface area contributed by atoms with Gasteiger partial charge in [0.15, 0.2) is 12.2 Å². The summed E-state index contributed by atoms with van der Waals surface area (Å²) < 4.78 is 0. The minimum Gasteiger partial charge on any atom is -0.353 e. The fraction of sp³-hybridized carbons (Fsp3) is 0.375. The zero-order valence-electron chi connectivity index (χ0n) is 7.05. The van der Waals surface area contributed by atoms with Crippen LogP contribution in [0, 0.1) is 0 Å². The number of carbonyl (C=O) groups excluding carboxylic acids is 1. The fourth-order valence-electron chi connectivity index (χ4n) is 1.35. The molecule has 0 saturated carbocycles. The number of rotatable bonds is 2. The second kappa shape index (κ2) is 3.01. The molecule has 1 amide bonds. The lowest BCUT2D eigenvalue weighted by molar-refractivity contribution is -0.128. The van der Waals surface area contributed by atoms with E-state index in [2.05, 4.69) is 21.9 Å². The van der Waals surface area contributed by atoms with E-state index in [-0.39, 0.29) is 18.1 Å². The second-order valence-corrected chi connectivity index (χ2v) is 2.88. The van der Waals surface area contributed by atoms with Crippen LogP contribution < -0.4 is 5.32 Å². The fourth-order valence-corrected chi connectivity index (χ4v) is 1.35. The quantitative estimate of drug-likeness (QED) is 0.572. The highest BCUT2D eigenvalue weighted by molar-refractivity contribution is 5.96. The summed E-state index contributed by atoms with van der Waals surface area (Å²) in [6, 6.07) is -0.384. The van der Waals surface area contributed by atoms with Crippen molar-refractivity contribution in [3.63, 3.8) is 0 Å². The Labute approximate surface area is 75.9 Å². The van der Waals surface area contributed by atoms with Gasteiger partial charge in [0.05, 0.1) is 12.7 Å². The van der Waals surface area contributed by atoms with E-state index < -0.39 is 0 Å². The predicted octanol–water partition coefficient (Wildman–Crippen LogP) is -0.631. The molecule has 2 rings (SSSR count). The summed E-state index contributed by atoms with van der Waals surface area (Å²) >= 11 is 0. The van der Waals surface area contributed by atoms with Crippen molar-refractivity contribution in [2.45, 2.75) is 12.2 Å². The maximum Gasteiger partial charge on any atom is 0.257 e. The SMILES string of the molecule is C=CCN1C=NC2NC=NC2C1=O. The molecule has 5 heteroatoms. The molecule has 0 aromatic heterocycles. The Morgan fingerprint density at radius 1 is 1.69 bits per heavy atom. The Morgan fingerprint density at radius 3 is 3.31 bits per heavy atom. The van der Waals surface area contributed by atoms with Crippen molar-refractivity contribution < 1.29 is 4.79 Å². The molecular formula is C8H10N4O. The predicted molar refractivity (Wildman–Crippen MR) is 49.6 cm³/mol. The van der Waals surface area contributed by atoms with Crippen molar-refractivity contribution in [2.24, 2.45) is 9.98 Å². The maximum absolute atomic E-state index is 11.6. The van der Waals surface area contributed by atoms with Crippen molar-refractivity contribution in [1.29, 1.82) is 0 Å². The largest absolute Gasteiger partial charge is 0.353 e. The summed E-state index contributed by atoms with van der Waals surface area (Å²) in [5.41, 5.74) is 0. The van der Waals surface area contributed by atoms with Gasteiger partial charge in [0, 0.05) is 6.54 Å². The van der Waals surface area contributed by atoms with Crippen LogP contribution in [0.15, 0.2) is 22.6 Å². The average Bonchev–Trinajstić information content (AvgIpc) is 2.58. The van der Waals surface area contributed by atoms with E-state index in [1.54, 1.807) is 6.08 Å². The highest BCUT2D eigenvalue weighted by Gasteiger charge is 2.35. The molecule has 2 heterocycles. The lowest BCUT2D eigenvalue weighted by atomic mass is 10.2. The van der Waals surface area contributed by atoms with Crippen molar-refractivity contribution in [3.8, 4) is 0 Å². The molecule has 0 bridgehead atoms. The summed E-state index contributed by atoms with van der Waals surface area (Å²) in [6.45, 7) is 4.05. The van der Waals surface area contributed by atoms with Crippen LogP contribution in [-0.2, 0) is 4.79 Å². The number of nitrogens with zero attached hydrogens (tertiary/aromatic N) is 3. The lowest BCUT2D eigenvalue weighted by Gasteiger charge is -2.25. The molecule has 1 N–H and O–H groups in total. The molecule has 2 aliphatic heterocycles. The van der Waals surface area contributed by atoms with Gasteiger partial charge in [-0.05, 0) is 0 Å². The summed E-state index contributed by atoms with van der Waals surface area (Å²) in [4.78, 5) is 21.3. The van der Waals surface area contributed by atoms with Gasteiger partial charge in [-0.15, -0.1) is 6.58 Å². The minimum absolute atomic E-state index is 0.0267. The van der Waals surface area contributed by atoms with Crippen LogP contribution in [0.1, 0.15) is 0 Å². The number of hydrogen-bond acceptors (Lipinski definition) is 4. The zero-order valence-corrected chi connectivity index (χ0v) is 7.05. The lowest BCUT2D eigenvalue weighted by Crippen LogP contribution is -2.48. The van der Waals surface area contributed by atoms with Gasteiger partial charge in [-0.3, -0.25) is 14.7 Å². The van der Waals surface area contributed by atoms with Gasteiger partial charge in [-0.2, -0.15) is 0 Å². The molecule has 0 fully saturated rings. The standard InChI is InChI=1S/C8H10N4O/c1-2-3-12-5-11-7-6(8(12)13)9-4-10-7/h2,4-7H,1,3H2,(H,9,10). The molecule has 0 saturated heterocycles. The third kappa shape index (κ3) is 1.22. The third-order valence-electron chi connectivity index (χ3n) is 2.01. The number of hydrogen-bond donors (Lipinski definition) is 1. The van der Waals surface area contributed by atoms with E-state index in [0.29, 0.717) is 6.54 Å². The van der Waals surface area contributed by atoms with Crippen molar-refractivity contribution in [1.82, 2.24) is 10.2 Å². The molecular weight excluding hydrogens is 168 g/mol. The molecule has 0 radical (unpaired) electrons. The molecule has 2 unspecified atom stereocenters. The topological polar surface area (TPSA) is 57.1 Å². The number of nitrogens with one attached hydrogen (secondary N) is 1. The van der Waals surface area contributed by atoms with Gasteiger partial charge < -0.3 is 5.32 Å². The zero-order chi connectivity index (χ0) is 9.26. The number of carbonyl (C=O) groups is 1. The van der Waals surface area contributed by atoms with Crippen LogP contribution in [0.3, 0.4) is 0 Å². The van der Waals surface area contributed by atoms with E-state index in [4.69, 9.17) is 0 Å². The van der Waals surface area contributed by atoms with Crippen LogP contribution in [-0.4, -0.2) is 42.2 Å². The Bertz CT molecular complexity index is 297. The first-order valence-electron chi connectivity index (χ1n) is 4.05. The summed E-state index contributed by atoms with van der Waals surface area (Å²) in [5.74, 6) is -0.0267. The first-order chi connectivity index (χ1) is 6.33.